The minimum absolute atomic E-state index is 0. The lowest BCUT2D eigenvalue weighted by Crippen LogP contribution is -2.51. The predicted octanol–water partition coefficient (Wildman–Crippen LogP) is 1.70. The van der Waals surface area contributed by atoms with E-state index >= 15 is 0 Å². The van der Waals surface area contributed by atoms with Crippen molar-refractivity contribution in [3.8, 4) is 0 Å². The molecule has 106 valence electrons. The molecule has 0 spiro atoms. The molecule has 1 heterocycles. The minimum Gasteiger partial charge on any atom is -0.364 e. The summed E-state index contributed by atoms with van der Waals surface area (Å²) < 4.78 is 5.71. The molecule has 0 aromatic rings. The van der Waals surface area contributed by atoms with Crippen LogP contribution in [0.1, 0.15) is 46.0 Å². The quantitative estimate of drug-likeness (QED) is 0.850. The molecule has 5 heteroatoms. The van der Waals surface area contributed by atoms with Crippen LogP contribution in [0.5, 0.6) is 0 Å². The van der Waals surface area contributed by atoms with Crippen molar-refractivity contribution in [1.29, 1.82) is 0 Å². The normalized spacial score (nSPS) is 27.8. The van der Waals surface area contributed by atoms with Gasteiger partial charge in [-0.05, 0) is 46.0 Å². The first kappa shape index (κ1) is 15.7. The zero-order chi connectivity index (χ0) is 12.4. The van der Waals surface area contributed by atoms with Crippen molar-refractivity contribution in [3.05, 3.63) is 0 Å². The second-order valence-electron chi connectivity index (χ2n) is 5.48. The Hall–Kier alpha value is -0.320. The zero-order valence-corrected chi connectivity index (χ0v) is 12.1. The molecule has 1 aliphatic heterocycles. The van der Waals surface area contributed by atoms with Crippen LogP contribution in [0.15, 0.2) is 0 Å². The third kappa shape index (κ3) is 3.16. The fourth-order valence-corrected chi connectivity index (χ4v) is 2.75. The van der Waals surface area contributed by atoms with Gasteiger partial charge in [-0.15, -0.1) is 12.4 Å². The number of rotatable bonds is 4. The monoisotopic (exact) mass is 276 g/mol. The molecular weight excluding hydrogens is 252 g/mol. The third-order valence-electron chi connectivity index (χ3n) is 3.92. The van der Waals surface area contributed by atoms with Gasteiger partial charge in [0.2, 0.25) is 0 Å². The number of ether oxygens (including phenoxy) is 1. The number of hydrogen-bond acceptors (Lipinski definition) is 3. The molecule has 1 amide bonds. The highest BCUT2D eigenvalue weighted by Gasteiger charge is 2.38. The van der Waals surface area contributed by atoms with E-state index < -0.39 is 0 Å². The van der Waals surface area contributed by atoms with Gasteiger partial charge in [-0.1, -0.05) is 0 Å². The number of halogens is 1. The lowest BCUT2D eigenvalue weighted by Gasteiger charge is -2.41. The molecule has 2 aliphatic rings. The largest absolute Gasteiger partial charge is 0.364 e. The van der Waals surface area contributed by atoms with Crippen LogP contribution in [0.25, 0.3) is 0 Å². The molecular formula is C13H25ClN2O2. The lowest BCUT2D eigenvalue weighted by atomic mass is 9.90. The molecule has 1 saturated heterocycles. The summed E-state index contributed by atoms with van der Waals surface area (Å²) in [6, 6.07) is 0.719. The van der Waals surface area contributed by atoms with Gasteiger partial charge in [0, 0.05) is 18.6 Å². The van der Waals surface area contributed by atoms with Crippen LogP contribution >= 0.6 is 12.4 Å². The standard InChI is InChI=1S/C13H24N2O2.ClH/c1-9(2)15(10-4-3-5-10)13(16)12-7-6-11(8-14)17-12;/h9-12H,3-8,14H2,1-2H3;1H/t11-,12+;/m1./s1. The van der Waals surface area contributed by atoms with E-state index in [-0.39, 0.29) is 36.6 Å². The van der Waals surface area contributed by atoms with Gasteiger partial charge in [0.1, 0.15) is 6.10 Å². The van der Waals surface area contributed by atoms with Gasteiger partial charge in [-0.3, -0.25) is 4.79 Å². The highest BCUT2D eigenvalue weighted by Crippen LogP contribution is 2.29. The first-order valence-corrected chi connectivity index (χ1v) is 6.81. The molecule has 1 aliphatic carbocycles. The smallest absolute Gasteiger partial charge is 0.252 e. The van der Waals surface area contributed by atoms with Crippen molar-refractivity contribution < 1.29 is 9.53 Å². The first-order chi connectivity index (χ1) is 8.13. The van der Waals surface area contributed by atoms with E-state index in [1.54, 1.807) is 0 Å². The van der Waals surface area contributed by atoms with Gasteiger partial charge in [0.15, 0.2) is 0 Å². The van der Waals surface area contributed by atoms with Crippen molar-refractivity contribution in [1.82, 2.24) is 4.90 Å². The summed E-state index contributed by atoms with van der Waals surface area (Å²) in [6.45, 7) is 4.70. The minimum atomic E-state index is -0.244. The first-order valence-electron chi connectivity index (χ1n) is 6.81. The molecule has 2 rings (SSSR count). The maximum absolute atomic E-state index is 12.4. The molecule has 0 aromatic heterocycles. The van der Waals surface area contributed by atoms with Crippen LogP contribution in [0.2, 0.25) is 0 Å². The van der Waals surface area contributed by atoms with Crippen LogP contribution in [-0.2, 0) is 9.53 Å². The van der Waals surface area contributed by atoms with Gasteiger partial charge in [-0.2, -0.15) is 0 Å². The topological polar surface area (TPSA) is 55.6 Å². The lowest BCUT2D eigenvalue weighted by molar-refractivity contribution is -0.149. The van der Waals surface area contributed by atoms with E-state index in [9.17, 15) is 4.79 Å². The van der Waals surface area contributed by atoms with Crippen molar-refractivity contribution >= 4 is 18.3 Å². The molecule has 2 N–H and O–H groups in total. The Kier molecular flexibility index (Phi) is 5.89. The highest BCUT2D eigenvalue weighted by atomic mass is 35.5. The zero-order valence-electron chi connectivity index (χ0n) is 11.3. The van der Waals surface area contributed by atoms with Crippen LogP contribution in [0.3, 0.4) is 0 Å². The molecule has 2 atom stereocenters. The summed E-state index contributed by atoms with van der Waals surface area (Å²) in [6.07, 6.45) is 5.14. The van der Waals surface area contributed by atoms with Gasteiger partial charge >= 0.3 is 0 Å². The Morgan fingerprint density at radius 3 is 2.39 bits per heavy atom. The summed E-state index contributed by atoms with van der Waals surface area (Å²) in [7, 11) is 0. The fraction of sp³-hybridized carbons (Fsp3) is 0.923. The predicted molar refractivity (Wildman–Crippen MR) is 73.8 cm³/mol. The van der Waals surface area contributed by atoms with Crippen LogP contribution in [0.4, 0.5) is 0 Å². The molecule has 2 fully saturated rings. The molecule has 1 saturated carbocycles. The van der Waals surface area contributed by atoms with Gasteiger partial charge in [0.25, 0.3) is 5.91 Å². The van der Waals surface area contributed by atoms with Crippen LogP contribution < -0.4 is 5.73 Å². The van der Waals surface area contributed by atoms with Crippen molar-refractivity contribution in [3.63, 3.8) is 0 Å². The Balaban J connectivity index is 0.00000162. The Bertz CT molecular complexity index is 282. The maximum Gasteiger partial charge on any atom is 0.252 e. The number of nitrogens with two attached hydrogens (primary N) is 1. The van der Waals surface area contributed by atoms with Crippen LogP contribution in [-0.4, -0.2) is 41.6 Å². The maximum atomic E-state index is 12.4. The van der Waals surface area contributed by atoms with E-state index in [1.165, 1.54) is 6.42 Å². The second kappa shape index (κ2) is 6.73. The highest BCUT2D eigenvalue weighted by molar-refractivity contribution is 5.85. The number of carbonyl (C=O) groups is 1. The van der Waals surface area contributed by atoms with Crippen LogP contribution in [0, 0.1) is 0 Å². The van der Waals surface area contributed by atoms with Gasteiger partial charge in [-0.25, -0.2) is 0 Å². The number of hydrogen-bond donors (Lipinski definition) is 1. The average molecular weight is 277 g/mol. The Labute approximate surface area is 116 Å². The second-order valence-corrected chi connectivity index (χ2v) is 5.48. The Morgan fingerprint density at radius 1 is 1.33 bits per heavy atom. The average Bonchev–Trinajstić information content (AvgIpc) is 2.70. The summed E-state index contributed by atoms with van der Waals surface area (Å²) >= 11 is 0. The fourth-order valence-electron chi connectivity index (χ4n) is 2.75. The summed E-state index contributed by atoms with van der Waals surface area (Å²) in [5.74, 6) is 0.181. The molecule has 0 unspecified atom stereocenters. The summed E-state index contributed by atoms with van der Waals surface area (Å²) in [5, 5.41) is 0. The molecule has 0 aromatic carbocycles. The number of carbonyl (C=O) groups excluding carboxylic acids is 1. The summed E-state index contributed by atoms with van der Waals surface area (Å²) in [5.41, 5.74) is 5.58. The Morgan fingerprint density at radius 2 is 2.00 bits per heavy atom. The molecule has 0 radical (unpaired) electrons. The molecule has 0 bridgehead atoms. The van der Waals surface area contributed by atoms with E-state index in [4.69, 9.17) is 10.5 Å². The van der Waals surface area contributed by atoms with E-state index in [2.05, 4.69) is 13.8 Å². The summed E-state index contributed by atoms with van der Waals surface area (Å²) in [4.78, 5) is 14.5. The van der Waals surface area contributed by atoms with E-state index in [1.807, 2.05) is 4.90 Å². The SMILES string of the molecule is CC(C)N(C(=O)[C@@H]1CC[C@H](CN)O1)C1CCC1.Cl. The van der Waals surface area contributed by atoms with E-state index in [0.29, 0.717) is 12.6 Å². The molecule has 4 nitrogen and oxygen atoms in total. The van der Waals surface area contributed by atoms with Crippen molar-refractivity contribution in [2.24, 2.45) is 5.73 Å². The van der Waals surface area contributed by atoms with Gasteiger partial charge in [0.05, 0.1) is 6.10 Å². The number of nitrogens with zero attached hydrogens (tertiary/aromatic N) is 1. The van der Waals surface area contributed by atoms with Crippen molar-refractivity contribution in [2.75, 3.05) is 6.54 Å². The molecule has 18 heavy (non-hydrogen) atoms. The van der Waals surface area contributed by atoms with Crippen molar-refractivity contribution in [2.45, 2.75) is 70.2 Å². The van der Waals surface area contributed by atoms with E-state index in [0.717, 1.165) is 25.7 Å². The number of amides is 1. The third-order valence-corrected chi connectivity index (χ3v) is 3.92. The van der Waals surface area contributed by atoms with Gasteiger partial charge < -0.3 is 15.4 Å².